The molecule has 0 saturated heterocycles. The van der Waals surface area contributed by atoms with Gasteiger partial charge >= 0.3 is 0 Å². The van der Waals surface area contributed by atoms with E-state index in [1.807, 2.05) is 0 Å². The summed E-state index contributed by atoms with van der Waals surface area (Å²) in [5, 5.41) is 9.33. The maximum atomic E-state index is 9.33. The number of halogens is 1. The van der Waals surface area contributed by atoms with Crippen molar-refractivity contribution in [1.29, 1.82) is 0 Å². The van der Waals surface area contributed by atoms with Crippen LogP contribution in [-0.4, -0.2) is 15.8 Å². The Morgan fingerprint density at radius 1 is 1.54 bits per heavy atom. The summed E-state index contributed by atoms with van der Waals surface area (Å²) in [6, 6.07) is 3.22. The van der Waals surface area contributed by atoms with Crippen LogP contribution >= 0.6 is 28.6 Å². The molecule has 0 spiro atoms. The van der Waals surface area contributed by atoms with Crippen LogP contribution in [0.1, 0.15) is 12.1 Å². The molecule has 0 radical (unpaired) electrons. The third-order valence-corrected chi connectivity index (χ3v) is 1.95. The summed E-state index contributed by atoms with van der Waals surface area (Å²) in [6.07, 6.45) is 0.691. The third-order valence-electron chi connectivity index (χ3n) is 1.28. The van der Waals surface area contributed by atoms with Gasteiger partial charge in [-0.3, -0.25) is 0 Å². The van der Waals surface area contributed by atoms with Gasteiger partial charge in [0.15, 0.2) is 5.69 Å². The van der Waals surface area contributed by atoms with Crippen molar-refractivity contribution in [1.82, 2.24) is 4.98 Å². The van der Waals surface area contributed by atoms with Crippen molar-refractivity contribution >= 4 is 28.6 Å². The second-order valence-electron chi connectivity index (χ2n) is 2.28. The predicted molar refractivity (Wildman–Crippen MR) is 58.9 cm³/mol. The molecular formula is C9H8BrNOS. The van der Waals surface area contributed by atoms with Crippen LogP contribution in [0.5, 0.6) is 5.75 Å². The van der Waals surface area contributed by atoms with Crippen molar-refractivity contribution < 1.29 is 5.11 Å². The fourth-order valence-electron chi connectivity index (χ4n) is 0.722. The molecule has 0 unspecified atom stereocenters. The number of pyridine rings is 1. The first-order valence-corrected chi connectivity index (χ1v) is 5.12. The zero-order valence-corrected chi connectivity index (χ0v) is 9.27. The average molecular weight is 258 g/mol. The van der Waals surface area contributed by atoms with Crippen molar-refractivity contribution in [3.8, 4) is 17.6 Å². The fourth-order valence-corrected chi connectivity index (χ4v) is 1.14. The Morgan fingerprint density at radius 3 is 3.00 bits per heavy atom. The summed E-state index contributed by atoms with van der Waals surface area (Å²) in [5.41, 5.74) is 0.399. The molecule has 1 aromatic rings. The smallest absolute Gasteiger partial charge is 0.156 e. The number of hydrogen-bond acceptors (Lipinski definition) is 3. The maximum absolute atomic E-state index is 9.33. The number of nitrogens with zero attached hydrogens (tertiary/aromatic N) is 1. The molecule has 0 aliphatic heterocycles. The number of hydrogen-bond donors (Lipinski definition) is 2. The molecule has 0 aliphatic carbocycles. The molecule has 0 amide bonds. The molecule has 4 heteroatoms. The van der Waals surface area contributed by atoms with E-state index in [-0.39, 0.29) is 5.75 Å². The Labute approximate surface area is 90.9 Å². The van der Waals surface area contributed by atoms with Crippen LogP contribution in [0.4, 0.5) is 0 Å². The Hall–Kier alpha value is -0.660. The van der Waals surface area contributed by atoms with E-state index in [2.05, 4.69) is 45.4 Å². The van der Waals surface area contributed by atoms with E-state index >= 15 is 0 Å². The predicted octanol–water partition coefficient (Wildman–Crippen LogP) is 2.22. The number of aromatic nitrogens is 1. The normalized spacial score (nSPS) is 9.08. The van der Waals surface area contributed by atoms with Gasteiger partial charge in [-0.25, -0.2) is 4.98 Å². The van der Waals surface area contributed by atoms with Gasteiger partial charge in [0, 0.05) is 12.2 Å². The van der Waals surface area contributed by atoms with E-state index in [0.717, 1.165) is 0 Å². The summed E-state index contributed by atoms with van der Waals surface area (Å²) >= 11 is 7.22. The SMILES string of the molecule is Oc1ccc(Br)nc1C#CCCS. The highest BCUT2D eigenvalue weighted by Gasteiger charge is 1.98. The van der Waals surface area contributed by atoms with E-state index in [1.165, 1.54) is 0 Å². The quantitative estimate of drug-likeness (QED) is 0.460. The molecule has 0 atom stereocenters. The van der Waals surface area contributed by atoms with E-state index in [9.17, 15) is 5.11 Å². The average Bonchev–Trinajstić information content (AvgIpc) is 2.11. The summed E-state index contributed by atoms with van der Waals surface area (Å²) in [7, 11) is 0. The van der Waals surface area contributed by atoms with Crippen molar-refractivity contribution in [2.24, 2.45) is 0 Å². The van der Waals surface area contributed by atoms with Crippen molar-refractivity contribution in [2.45, 2.75) is 6.42 Å². The standard InChI is InChI=1S/C9H8BrNOS/c10-9-5-4-8(12)7(11-9)3-1-2-6-13/h4-5,12-13H,2,6H2. The van der Waals surface area contributed by atoms with Crippen LogP contribution in [-0.2, 0) is 0 Å². The van der Waals surface area contributed by atoms with Gasteiger partial charge in [-0.15, -0.1) is 0 Å². The number of aromatic hydroxyl groups is 1. The van der Waals surface area contributed by atoms with Crippen molar-refractivity contribution in [3.63, 3.8) is 0 Å². The lowest BCUT2D eigenvalue weighted by Gasteiger charge is -1.95. The molecule has 68 valence electrons. The van der Waals surface area contributed by atoms with Gasteiger partial charge in [-0.2, -0.15) is 12.6 Å². The topological polar surface area (TPSA) is 33.1 Å². The van der Waals surface area contributed by atoms with Gasteiger partial charge in [-0.05, 0) is 34.0 Å². The molecule has 0 aliphatic rings. The molecule has 1 N–H and O–H groups in total. The first-order chi connectivity index (χ1) is 6.24. The van der Waals surface area contributed by atoms with Crippen LogP contribution in [0, 0.1) is 11.8 Å². The van der Waals surface area contributed by atoms with Crippen LogP contribution in [0.15, 0.2) is 16.7 Å². The van der Waals surface area contributed by atoms with Crippen LogP contribution in [0.25, 0.3) is 0 Å². The Morgan fingerprint density at radius 2 is 2.31 bits per heavy atom. The largest absolute Gasteiger partial charge is 0.505 e. The monoisotopic (exact) mass is 257 g/mol. The first-order valence-electron chi connectivity index (χ1n) is 3.69. The fraction of sp³-hybridized carbons (Fsp3) is 0.222. The Bertz CT molecular complexity index is 356. The molecule has 0 saturated carbocycles. The third kappa shape index (κ3) is 3.29. The second-order valence-corrected chi connectivity index (χ2v) is 3.54. The summed E-state index contributed by atoms with van der Waals surface area (Å²) in [4.78, 5) is 4.01. The lowest BCUT2D eigenvalue weighted by molar-refractivity contribution is 0.470. The molecular weight excluding hydrogens is 250 g/mol. The van der Waals surface area contributed by atoms with Gasteiger partial charge in [0.25, 0.3) is 0 Å². The summed E-state index contributed by atoms with van der Waals surface area (Å²) < 4.78 is 0.667. The van der Waals surface area contributed by atoms with Gasteiger partial charge in [0.2, 0.25) is 0 Å². The van der Waals surface area contributed by atoms with Crippen molar-refractivity contribution in [2.75, 3.05) is 5.75 Å². The highest BCUT2D eigenvalue weighted by molar-refractivity contribution is 9.10. The van der Waals surface area contributed by atoms with Gasteiger partial charge in [0.05, 0.1) is 0 Å². The first kappa shape index (κ1) is 10.4. The minimum absolute atomic E-state index is 0.106. The molecule has 1 rings (SSSR count). The molecule has 1 heterocycles. The molecule has 0 aromatic carbocycles. The minimum atomic E-state index is 0.106. The summed E-state index contributed by atoms with van der Waals surface area (Å²) in [5.74, 6) is 6.43. The Balaban J connectivity index is 2.89. The zero-order chi connectivity index (χ0) is 9.68. The highest BCUT2D eigenvalue weighted by atomic mass is 79.9. The lowest BCUT2D eigenvalue weighted by atomic mass is 10.3. The molecule has 1 aromatic heterocycles. The van der Waals surface area contributed by atoms with Gasteiger partial charge in [0.1, 0.15) is 10.4 Å². The van der Waals surface area contributed by atoms with Gasteiger partial charge < -0.3 is 5.11 Å². The Kier molecular flexibility index (Phi) is 4.13. The minimum Gasteiger partial charge on any atom is -0.505 e. The van der Waals surface area contributed by atoms with E-state index in [1.54, 1.807) is 12.1 Å². The van der Waals surface area contributed by atoms with E-state index in [4.69, 9.17) is 0 Å². The van der Waals surface area contributed by atoms with Crippen molar-refractivity contribution in [3.05, 3.63) is 22.4 Å². The lowest BCUT2D eigenvalue weighted by Crippen LogP contribution is -1.84. The molecule has 13 heavy (non-hydrogen) atoms. The van der Waals surface area contributed by atoms with Crippen LogP contribution in [0.2, 0.25) is 0 Å². The van der Waals surface area contributed by atoms with E-state index < -0.39 is 0 Å². The number of thiol groups is 1. The molecule has 0 fully saturated rings. The highest BCUT2D eigenvalue weighted by Crippen LogP contribution is 2.16. The van der Waals surface area contributed by atoms with E-state index in [0.29, 0.717) is 22.5 Å². The van der Waals surface area contributed by atoms with Crippen LogP contribution < -0.4 is 0 Å². The molecule has 2 nitrogen and oxygen atoms in total. The second kappa shape index (κ2) is 5.15. The van der Waals surface area contributed by atoms with Crippen LogP contribution in [0.3, 0.4) is 0 Å². The maximum Gasteiger partial charge on any atom is 0.156 e. The number of rotatable bonds is 1. The van der Waals surface area contributed by atoms with Gasteiger partial charge in [-0.1, -0.05) is 5.92 Å². The summed E-state index contributed by atoms with van der Waals surface area (Å²) in [6.45, 7) is 0. The molecule has 0 bridgehead atoms. The zero-order valence-electron chi connectivity index (χ0n) is 6.79.